The molecule has 2 rings (SSSR count). The summed E-state index contributed by atoms with van der Waals surface area (Å²) in [5.41, 5.74) is 1.41. The van der Waals surface area contributed by atoms with Crippen molar-refractivity contribution in [1.82, 2.24) is 0 Å². The van der Waals surface area contributed by atoms with Crippen LogP contribution in [0, 0.1) is 5.82 Å². The molecule has 0 heterocycles. The van der Waals surface area contributed by atoms with Gasteiger partial charge in [0, 0.05) is 17.6 Å². The van der Waals surface area contributed by atoms with Gasteiger partial charge in [-0.2, -0.15) is 0 Å². The summed E-state index contributed by atoms with van der Waals surface area (Å²) in [5.74, 6) is -1.70. The van der Waals surface area contributed by atoms with Crippen molar-refractivity contribution in [3.8, 4) is 0 Å². The van der Waals surface area contributed by atoms with Gasteiger partial charge in [0.1, 0.15) is 5.82 Å². The monoisotopic (exact) mass is 287 g/mol. The predicted molar refractivity (Wildman–Crippen MR) is 81.3 cm³/mol. The Morgan fingerprint density at radius 1 is 1.19 bits per heavy atom. The molecule has 2 aromatic carbocycles. The maximum Gasteiger partial charge on any atom is 0.335 e. The quantitative estimate of drug-likeness (QED) is 0.876. The van der Waals surface area contributed by atoms with Gasteiger partial charge in [-0.1, -0.05) is 44.2 Å². The molecule has 0 fully saturated rings. The van der Waals surface area contributed by atoms with Gasteiger partial charge in [0.2, 0.25) is 0 Å². The van der Waals surface area contributed by atoms with Crippen molar-refractivity contribution in [1.29, 1.82) is 0 Å². The summed E-state index contributed by atoms with van der Waals surface area (Å²) in [4.78, 5) is 10.9. The Morgan fingerprint density at radius 2 is 1.86 bits per heavy atom. The standard InChI is InChI=1S/C17H18FNO2/c1-17(2,13-6-4-3-5-7-13)11-19-15-9-12(16(20)21)8-14(18)10-15/h3-10,19H,11H2,1-2H3,(H,20,21). The summed E-state index contributed by atoms with van der Waals surface area (Å²) in [6.07, 6.45) is 0. The molecule has 0 radical (unpaired) electrons. The van der Waals surface area contributed by atoms with E-state index < -0.39 is 11.8 Å². The Balaban J connectivity index is 2.14. The Kier molecular flexibility index (Phi) is 4.26. The molecule has 21 heavy (non-hydrogen) atoms. The van der Waals surface area contributed by atoms with Gasteiger partial charge in [-0.25, -0.2) is 9.18 Å². The molecule has 2 N–H and O–H groups in total. The molecule has 0 unspecified atom stereocenters. The highest BCUT2D eigenvalue weighted by atomic mass is 19.1. The third-order valence-corrected chi connectivity index (χ3v) is 3.43. The minimum Gasteiger partial charge on any atom is -0.478 e. The van der Waals surface area contributed by atoms with Crippen LogP contribution in [-0.2, 0) is 5.41 Å². The van der Waals surface area contributed by atoms with Gasteiger partial charge in [0.05, 0.1) is 5.56 Å². The summed E-state index contributed by atoms with van der Waals surface area (Å²) in [6.45, 7) is 4.72. The van der Waals surface area contributed by atoms with E-state index in [0.29, 0.717) is 12.2 Å². The van der Waals surface area contributed by atoms with Crippen molar-refractivity contribution in [3.05, 3.63) is 65.5 Å². The molecule has 0 bridgehead atoms. The molecule has 4 heteroatoms. The van der Waals surface area contributed by atoms with E-state index in [9.17, 15) is 9.18 Å². The zero-order valence-corrected chi connectivity index (χ0v) is 12.1. The zero-order valence-electron chi connectivity index (χ0n) is 12.1. The maximum absolute atomic E-state index is 13.4. The lowest BCUT2D eigenvalue weighted by Gasteiger charge is -2.26. The van der Waals surface area contributed by atoms with Crippen LogP contribution in [0.1, 0.15) is 29.8 Å². The fourth-order valence-electron chi connectivity index (χ4n) is 2.13. The number of anilines is 1. The Morgan fingerprint density at radius 3 is 2.48 bits per heavy atom. The van der Waals surface area contributed by atoms with Crippen LogP contribution in [0.3, 0.4) is 0 Å². The first kappa shape index (κ1) is 15.0. The first-order valence-corrected chi connectivity index (χ1v) is 6.72. The second kappa shape index (κ2) is 5.95. The van der Waals surface area contributed by atoms with Crippen LogP contribution < -0.4 is 5.32 Å². The summed E-state index contributed by atoms with van der Waals surface area (Å²) in [6, 6.07) is 13.7. The average Bonchev–Trinajstić information content (AvgIpc) is 2.45. The third-order valence-electron chi connectivity index (χ3n) is 3.43. The van der Waals surface area contributed by atoms with Crippen LogP contribution in [-0.4, -0.2) is 17.6 Å². The fraction of sp³-hybridized carbons (Fsp3) is 0.235. The van der Waals surface area contributed by atoms with Crippen molar-refractivity contribution in [2.75, 3.05) is 11.9 Å². The molecule has 0 amide bonds. The van der Waals surface area contributed by atoms with Crippen molar-refractivity contribution < 1.29 is 14.3 Å². The second-order valence-electron chi connectivity index (χ2n) is 5.64. The number of hydrogen-bond acceptors (Lipinski definition) is 2. The maximum atomic E-state index is 13.4. The number of carboxylic acids is 1. The highest BCUT2D eigenvalue weighted by Crippen LogP contribution is 2.24. The topological polar surface area (TPSA) is 49.3 Å². The predicted octanol–water partition coefficient (Wildman–Crippen LogP) is 3.91. The van der Waals surface area contributed by atoms with Crippen LogP contribution in [0.25, 0.3) is 0 Å². The van der Waals surface area contributed by atoms with Gasteiger partial charge in [-0.3, -0.25) is 0 Å². The SMILES string of the molecule is CC(C)(CNc1cc(F)cc(C(=O)O)c1)c1ccccc1. The van der Waals surface area contributed by atoms with E-state index in [2.05, 4.69) is 19.2 Å². The van der Waals surface area contributed by atoms with Gasteiger partial charge >= 0.3 is 5.97 Å². The first-order chi connectivity index (χ1) is 9.88. The van der Waals surface area contributed by atoms with Crippen molar-refractivity contribution in [2.24, 2.45) is 0 Å². The minimum atomic E-state index is -1.14. The van der Waals surface area contributed by atoms with Crippen LogP contribution in [0.2, 0.25) is 0 Å². The molecule has 3 nitrogen and oxygen atoms in total. The van der Waals surface area contributed by atoms with E-state index in [1.807, 2.05) is 30.3 Å². The smallest absolute Gasteiger partial charge is 0.335 e. The largest absolute Gasteiger partial charge is 0.478 e. The van der Waals surface area contributed by atoms with Gasteiger partial charge < -0.3 is 10.4 Å². The molecule has 0 aliphatic rings. The van der Waals surface area contributed by atoms with E-state index >= 15 is 0 Å². The number of benzene rings is 2. The Bertz CT molecular complexity index is 638. The molecule has 0 atom stereocenters. The zero-order chi connectivity index (χ0) is 15.5. The molecular formula is C17H18FNO2. The number of aromatic carboxylic acids is 1. The van der Waals surface area contributed by atoms with Crippen molar-refractivity contribution in [2.45, 2.75) is 19.3 Å². The molecule has 0 aromatic heterocycles. The Labute approximate surface area is 123 Å². The van der Waals surface area contributed by atoms with Crippen molar-refractivity contribution >= 4 is 11.7 Å². The van der Waals surface area contributed by atoms with Crippen LogP contribution in [0.4, 0.5) is 10.1 Å². The van der Waals surface area contributed by atoms with Crippen LogP contribution >= 0.6 is 0 Å². The number of rotatable bonds is 5. The number of carboxylic acid groups (broad SMARTS) is 1. The molecular weight excluding hydrogens is 269 g/mol. The molecule has 2 aromatic rings. The highest BCUT2D eigenvalue weighted by molar-refractivity contribution is 5.88. The summed E-state index contributed by atoms with van der Waals surface area (Å²) in [7, 11) is 0. The van der Waals surface area contributed by atoms with Crippen LogP contribution in [0.5, 0.6) is 0 Å². The lowest BCUT2D eigenvalue weighted by atomic mass is 9.84. The van der Waals surface area contributed by atoms with E-state index in [1.54, 1.807) is 0 Å². The molecule has 110 valence electrons. The third kappa shape index (κ3) is 3.81. The highest BCUT2D eigenvalue weighted by Gasteiger charge is 2.20. The number of hydrogen-bond donors (Lipinski definition) is 2. The molecule has 0 aliphatic heterocycles. The average molecular weight is 287 g/mol. The van der Waals surface area contributed by atoms with Crippen molar-refractivity contribution in [3.63, 3.8) is 0 Å². The summed E-state index contributed by atoms with van der Waals surface area (Å²) >= 11 is 0. The lowest BCUT2D eigenvalue weighted by Crippen LogP contribution is -2.27. The van der Waals surface area contributed by atoms with Gasteiger partial charge in [0.25, 0.3) is 0 Å². The summed E-state index contributed by atoms with van der Waals surface area (Å²) in [5, 5.41) is 12.1. The number of carbonyl (C=O) groups is 1. The number of nitrogens with one attached hydrogen (secondary N) is 1. The van der Waals surface area contributed by atoms with E-state index in [-0.39, 0.29) is 11.0 Å². The molecule has 0 aliphatic carbocycles. The number of halogens is 1. The fourth-order valence-corrected chi connectivity index (χ4v) is 2.13. The Hall–Kier alpha value is -2.36. The first-order valence-electron chi connectivity index (χ1n) is 6.72. The molecule has 0 saturated heterocycles. The van der Waals surface area contributed by atoms with Gasteiger partial charge in [-0.15, -0.1) is 0 Å². The summed E-state index contributed by atoms with van der Waals surface area (Å²) < 4.78 is 13.4. The lowest BCUT2D eigenvalue weighted by molar-refractivity contribution is 0.0696. The normalized spacial score (nSPS) is 11.2. The molecule has 0 spiro atoms. The van der Waals surface area contributed by atoms with Gasteiger partial charge in [0.15, 0.2) is 0 Å². The molecule has 0 saturated carbocycles. The van der Waals surface area contributed by atoms with E-state index in [1.165, 1.54) is 12.1 Å². The minimum absolute atomic E-state index is 0.0602. The van der Waals surface area contributed by atoms with E-state index in [0.717, 1.165) is 11.6 Å². The van der Waals surface area contributed by atoms with Gasteiger partial charge in [-0.05, 0) is 23.8 Å². The van der Waals surface area contributed by atoms with Crippen LogP contribution in [0.15, 0.2) is 48.5 Å². The second-order valence-corrected chi connectivity index (χ2v) is 5.64. The van der Waals surface area contributed by atoms with E-state index in [4.69, 9.17) is 5.11 Å².